The number of pyridine rings is 1. The van der Waals surface area contributed by atoms with Gasteiger partial charge in [-0.1, -0.05) is 0 Å². The summed E-state index contributed by atoms with van der Waals surface area (Å²) in [6.07, 6.45) is 3.92. The van der Waals surface area contributed by atoms with Gasteiger partial charge in [-0.3, -0.25) is 4.57 Å². The molecule has 0 aliphatic rings. The highest BCUT2D eigenvalue weighted by Gasteiger charge is 2.16. The molecule has 0 amide bonds. The van der Waals surface area contributed by atoms with Crippen molar-refractivity contribution in [1.82, 2.24) is 19.5 Å². The minimum Gasteiger partial charge on any atom is -0.361 e. The molecular formula is C21H15FN4S. The van der Waals surface area contributed by atoms with Crippen molar-refractivity contribution in [3.8, 4) is 17.1 Å². The highest BCUT2D eigenvalue weighted by atomic mass is 32.2. The summed E-state index contributed by atoms with van der Waals surface area (Å²) in [5.74, 6) is 0.476. The monoisotopic (exact) mass is 374 g/mol. The molecule has 4 nitrogen and oxygen atoms in total. The molecule has 0 bridgehead atoms. The fourth-order valence-electron chi connectivity index (χ4n) is 3.27. The molecule has 5 rings (SSSR count). The second-order valence-electron chi connectivity index (χ2n) is 6.22. The quantitative estimate of drug-likeness (QED) is 0.428. The Hall–Kier alpha value is -3.12. The number of hydrogen-bond acceptors (Lipinski definition) is 3. The van der Waals surface area contributed by atoms with E-state index in [2.05, 4.69) is 11.1 Å². The van der Waals surface area contributed by atoms with E-state index in [1.807, 2.05) is 47.4 Å². The van der Waals surface area contributed by atoms with Crippen molar-refractivity contribution in [1.29, 1.82) is 0 Å². The number of hydrogen-bond donors (Lipinski definition) is 1. The number of H-pyrrole nitrogens is 1. The van der Waals surface area contributed by atoms with Crippen LogP contribution in [0.25, 0.3) is 39.1 Å². The highest BCUT2D eigenvalue weighted by Crippen LogP contribution is 2.30. The molecule has 5 aromatic rings. The molecule has 0 aliphatic heterocycles. The second kappa shape index (κ2) is 6.25. The molecule has 3 heterocycles. The number of nitrogens with one attached hydrogen (secondary N) is 1. The van der Waals surface area contributed by atoms with Crippen molar-refractivity contribution in [2.24, 2.45) is 0 Å². The number of nitrogens with zero attached hydrogens (tertiary/aromatic N) is 3. The fraction of sp³-hybridized carbons (Fsp3) is 0.0476. The summed E-state index contributed by atoms with van der Waals surface area (Å²) < 4.78 is 15.5. The molecule has 27 heavy (non-hydrogen) atoms. The fourth-order valence-corrected chi connectivity index (χ4v) is 3.65. The summed E-state index contributed by atoms with van der Waals surface area (Å²) in [6.45, 7) is 0. The number of aromatic nitrogens is 4. The lowest BCUT2D eigenvalue weighted by Gasteiger charge is -2.10. The first-order chi connectivity index (χ1) is 13.2. The van der Waals surface area contributed by atoms with Crippen LogP contribution in [0, 0.1) is 5.82 Å². The normalized spacial score (nSPS) is 11.5. The summed E-state index contributed by atoms with van der Waals surface area (Å²) in [7, 11) is 0. The van der Waals surface area contributed by atoms with Crippen molar-refractivity contribution in [3.05, 3.63) is 72.7 Å². The summed E-state index contributed by atoms with van der Waals surface area (Å²) in [5.41, 5.74) is 4.48. The molecule has 0 saturated carbocycles. The van der Waals surface area contributed by atoms with Crippen molar-refractivity contribution >= 4 is 33.8 Å². The Bertz CT molecular complexity index is 1270. The Morgan fingerprint density at radius 2 is 1.81 bits per heavy atom. The first-order valence-electron chi connectivity index (χ1n) is 8.50. The lowest BCUT2D eigenvalue weighted by Crippen LogP contribution is -1.99. The zero-order chi connectivity index (χ0) is 18.4. The van der Waals surface area contributed by atoms with Crippen LogP contribution in [0.15, 0.2) is 71.9 Å². The molecule has 0 fully saturated rings. The molecule has 0 atom stereocenters. The number of benzene rings is 2. The lowest BCUT2D eigenvalue weighted by atomic mass is 10.2. The average molecular weight is 374 g/mol. The summed E-state index contributed by atoms with van der Waals surface area (Å²) in [5, 5.41) is 2.04. The lowest BCUT2D eigenvalue weighted by molar-refractivity contribution is 0.628. The number of aromatic amines is 1. The van der Waals surface area contributed by atoms with E-state index in [0.717, 1.165) is 44.2 Å². The van der Waals surface area contributed by atoms with Crippen molar-refractivity contribution in [2.45, 2.75) is 5.03 Å². The third-order valence-electron chi connectivity index (χ3n) is 4.59. The largest absolute Gasteiger partial charge is 0.361 e. The summed E-state index contributed by atoms with van der Waals surface area (Å²) in [6, 6.07) is 18.6. The van der Waals surface area contributed by atoms with Gasteiger partial charge in [0.1, 0.15) is 17.2 Å². The minimum absolute atomic E-state index is 0.266. The van der Waals surface area contributed by atoms with Crippen LogP contribution in [0.4, 0.5) is 4.39 Å². The molecule has 0 aliphatic carbocycles. The van der Waals surface area contributed by atoms with Gasteiger partial charge in [0.15, 0.2) is 5.65 Å². The van der Waals surface area contributed by atoms with Gasteiger partial charge in [-0.2, -0.15) is 0 Å². The van der Waals surface area contributed by atoms with Crippen molar-refractivity contribution in [2.75, 3.05) is 6.26 Å². The van der Waals surface area contributed by atoms with Crippen LogP contribution in [0.1, 0.15) is 0 Å². The van der Waals surface area contributed by atoms with E-state index in [-0.39, 0.29) is 5.82 Å². The Balaban J connectivity index is 1.83. The van der Waals surface area contributed by atoms with E-state index in [4.69, 9.17) is 9.97 Å². The van der Waals surface area contributed by atoms with Gasteiger partial charge in [0.05, 0.1) is 5.03 Å². The van der Waals surface area contributed by atoms with Gasteiger partial charge in [0.2, 0.25) is 0 Å². The standard InChI is InChI=1S/C21H15FN4S/c1-27-19-9-8-18-21(25-19)26(16-6-7-17-14(12-16)10-11-23-17)20(24-18)13-2-4-15(22)5-3-13/h2-12,23H,1H3. The molecule has 0 saturated heterocycles. The maximum absolute atomic E-state index is 13.4. The number of rotatable bonds is 3. The Kier molecular flexibility index (Phi) is 3.72. The first kappa shape index (κ1) is 16.1. The molecular weight excluding hydrogens is 359 g/mol. The van der Waals surface area contributed by atoms with Crippen LogP contribution in [0.5, 0.6) is 0 Å². The molecule has 1 N–H and O–H groups in total. The van der Waals surface area contributed by atoms with Crippen LogP contribution in [0.2, 0.25) is 0 Å². The zero-order valence-corrected chi connectivity index (χ0v) is 15.3. The topological polar surface area (TPSA) is 46.5 Å². The smallest absolute Gasteiger partial charge is 0.166 e. The maximum atomic E-state index is 13.4. The molecule has 132 valence electrons. The van der Waals surface area contributed by atoms with Crippen molar-refractivity contribution in [3.63, 3.8) is 0 Å². The Labute approximate surface area is 159 Å². The van der Waals surface area contributed by atoms with Crippen molar-refractivity contribution < 1.29 is 4.39 Å². The maximum Gasteiger partial charge on any atom is 0.166 e. The SMILES string of the molecule is CSc1ccc2nc(-c3ccc(F)cc3)n(-c3ccc4[nH]ccc4c3)c2n1. The third-order valence-corrected chi connectivity index (χ3v) is 5.23. The van der Waals surface area contributed by atoms with Crippen LogP contribution < -0.4 is 0 Å². The van der Waals surface area contributed by atoms with Crippen LogP contribution in [-0.2, 0) is 0 Å². The van der Waals surface area contributed by atoms with E-state index >= 15 is 0 Å². The molecule has 6 heteroatoms. The predicted octanol–water partition coefficient (Wildman–Crippen LogP) is 5.43. The Morgan fingerprint density at radius 1 is 0.963 bits per heavy atom. The Morgan fingerprint density at radius 3 is 2.63 bits per heavy atom. The number of halogens is 1. The number of thioether (sulfide) groups is 1. The van der Waals surface area contributed by atoms with E-state index < -0.39 is 0 Å². The van der Waals surface area contributed by atoms with Crippen LogP contribution in [-0.4, -0.2) is 25.8 Å². The molecule has 0 radical (unpaired) electrons. The third kappa shape index (κ3) is 2.69. The van der Waals surface area contributed by atoms with E-state index in [9.17, 15) is 4.39 Å². The molecule has 0 unspecified atom stereocenters. The second-order valence-corrected chi connectivity index (χ2v) is 7.05. The van der Waals surface area contributed by atoms with Gasteiger partial charge in [-0.05, 0) is 66.9 Å². The average Bonchev–Trinajstić information content (AvgIpc) is 3.31. The summed E-state index contributed by atoms with van der Waals surface area (Å²) in [4.78, 5) is 12.8. The first-order valence-corrected chi connectivity index (χ1v) is 9.72. The van der Waals surface area contributed by atoms with Crippen LogP contribution >= 0.6 is 11.8 Å². The van der Waals surface area contributed by atoms with Gasteiger partial charge >= 0.3 is 0 Å². The molecule has 3 aromatic heterocycles. The minimum atomic E-state index is -0.266. The molecule has 2 aromatic carbocycles. The number of imidazole rings is 1. The van der Waals surface area contributed by atoms with Gasteiger partial charge in [-0.15, -0.1) is 11.8 Å². The van der Waals surface area contributed by atoms with Crippen LogP contribution in [0.3, 0.4) is 0 Å². The predicted molar refractivity (Wildman–Crippen MR) is 108 cm³/mol. The van der Waals surface area contributed by atoms with E-state index in [0.29, 0.717) is 0 Å². The highest BCUT2D eigenvalue weighted by molar-refractivity contribution is 7.98. The number of fused-ring (bicyclic) bond motifs is 2. The summed E-state index contributed by atoms with van der Waals surface area (Å²) >= 11 is 1.59. The molecule has 0 spiro atoms. The van der Waals surface area contributed by atoms with E-state index in [1.165, 1.54) is 12.1 Å². The van der Waals surface area contributed by atoms with E-state index in [1.54, 1.807) is 23.9 Å². The van der Waals surface area contributed by atoms with Gasteiger partial charge in [-0.25, -0.2) is 14.4 Å². The van der Waals surface area contributed by atoms with Gasteiger partial charge < -0.3 is 4.98 Å². The van der Waals surface area contributed by atoms with Gasteiger partial charge in [0.25, 0.3) is 0 Å². The van der Waals surface area contributed by atoms with Gasteiger partial charge in [0, 0.05) is 28.4 Å². The zero-order valence-electron chi connectivity index (χ0n) is 14.5.